The van der Waals surface area contributed by atoms with Gasteiger partial charge in [0.2, 0.25) is 0 Å². The highest BCUT2D eigenvalue weighted by Gasteiger charge is 2.36. The van der Waals surface area contributed by atoms with Crippen LogP contribution < -0.4 is 0 Å². The Balaban J connectivity index is 1.91. The quantitative estimate of drug-likeness (QED) is 0.772. The highest BCUT2D eigenvalue weighted by atomic mass is 19.4. The molecule has 1 aromatic carbocycles. The van der Waals surface area contributed by atoms with Gasteiger partial charge in [-0.15, -0.1) is 0 Å². The van der Waals surface area contributed by atoms with E-state index in [4.69, 9.17) is 5.11 Å². The zero-order chi connectivity index (χ0) is 19.3. The Morgan fingerprint density at radius 1 is 1.04 bits per heavy atom. The van der Waals surface area contributed by atoms with Crippen LogP contribution in [0.2, 0.25) is 0 Å². The summed E-state index contributed by atoms with van der Waals surface area (Å²) in [6.45, 7) is 1.70. The second-order valence-electron chi connectivity index (χ2n) is 6.04. The molecule has 0 unspecified atom stereocenters. The normalized spacial score (nSPS) is 15.7. The van der Waals surface area contributed by atoms with E-state index in [2.05, 4.69) is 0 Å². The highest BCUT2D eigenvalue weighted by Crippen LogP contribution is 2.32. The van der Waals surface area contributed by atoms with E-state index in [0.717, 1.165) is 6.07 Å². The van der Waals surface area contributed by atoms with Gasteiger partial charge in [0.1, 0.15) is 12.2 Å². The first-order valence-corrected chi connectivity index (χ1v) is 8.10. The lowest BCUT2D eigenvalue weighted by atomic mass is 10.1. The van der Waals surface area contributed by atoms with Gasteiger partial charge < -0.3 is 10.0 Å². The van der Waals surface area contributed by atoms with E-state index < -0.39 is 30.0 Å². The van der Waals surface area contributed by atoms with E-state index >= 15 is 0 Å². The number of benzene rings is 1. The predicted octanol–water partition coefficient (Wildman–Crippen LogP) is 1.90. The zero-order valence-corrected chi connectivity index (χ0v) is 14.0. The van der Waals surface area contributed by atoms with Crippen LogP contribution in [0.25, 0.3) is 0 Å². The average Bonchev–Trinajstić information content (AvgIpc) is 2.58. The molecule has 9 heteroatoms. The molecule has 1 fully saturated rings. The minimum absolute atomic E-state index is 0.0944. The van der Waals surface area contributed by atoms with Crippen LogP contribution in [0.1, 0.15) is 28.8 Å². The number of carbonyl (C=O) groups is 3. The number of nitrogens with zero attached hydrogens (tertiary/aromatic N) is 2. The molecule has 6 nitrogen and oxygen atoms in total. The standard InChI is InChI=1S/C17H19F3N2O4/c18-17(19,20)14-4-2-1-3-13(14)16(26)22-9-7-21(8-10-22)6-5-12(23)11-15(24)25/h1-4H,5-11H2,(H,24,25). The summed E-state index contributed by atoms with van der Waals surface area (Å²) >= 11 is 0. The molecule has 0 aliphatic carbocycles. The van der Waals surface area contributed by atoms with Crippen molar-refractivity contribution in [3.8, 4) is 0 Å². The number of Topliss-reactive ketones (excluding diaryl/α,β-unsaturated/α-hetero) is 1. The van der Waals surface area contributed by atoms with E-state index in [1.807, 2.05) is 4.90 Å². The third kappa shape index (κ3) is 5.29. The first-order valence-electron chi connectivity index (χ1n) is 8.10. The van der Waals surface area contributed by atoms with E-state index in [9.17, 15) is 27.6 Å². The Kier molecular flexibility index (Phi) is 6.36. The van der Waals surface area contributed by atoms with E-state index in [-0.39, 0.29) is 30.9 Å². The Morgan fingerprint density at radius 2 is 1.65 bits per heavy atom. The molecular formula is C17H19F3N2O4. The van der Waals surface area contributed by atoms with Gasteiger partial charge in [-0.2, -0.15) is 13.2 Å². The lowest BCUT2D eigenvalue weighted by Gasteiger charge is -2.35. The number of amides is 1. The fourth-order valence-corrected chi connectivity index (χ4v) is 2.80. The molecule has 1 N–H and O–H groups in total. The van der Waals surface area contributed by atoms with Crippen LogP contribution in [0.15, 0.2) is 24.3 Å². The van der Waals surface area contributed by atoms with Crippen molar-refractivity contribution in [1.82, 2.24) is 9.80 Å². The zero-order valence-electron chi connectivity index (χ0n) is 14.0. The number of rotatable bonds is 6. The average molecular weight is 372 g/mol. The van der Waals surface area contributed by atoms with Crippen molar-refractivity contribution in [2.75, 3.05) is 32.7 Å². The maximum atomic E-state index is 13.1. The largest absolute Gasteiger partial charge is 0.481 e. The van der Waals surface area contributed by atoms with Crippen LogP contribution in [-0.4, -0.2) is 65.3 Å². The Labute approximate surface area is 148 Å². The van der Waals surface area contributed by atoms with Crippen LogP contribution in [-0.2, 0) is 15.8 Å². The van der Waals surface area contributed by atoms with Crippen molar-refractivity contribution in [2.45, 2.75) is 19.0 Å². The summed E-state index contributed by atoms with van der Waals surface area (Å²) in [6.07, 6.45) is -5.03. The van der Waals surface area contributed by atoms with Gasteiger partial charge in [-0.25, -0.2) is 0 Å². The van der Waals surface area contributed by atoms with Gasteiger partial charge in [0.05, 0.1) is 11.1 Å². The van der Waals surface area contributed by atoms with Crippen molar-refractivity contribution >= 4 is 17.7 Å². The summed E-state index contributed by atoms with van der Waals surface area (Å²) in [5.74, 6) is -2.22. The van der Waals surface area contributed by atoms with Gasteiger partial charge >= 0.3 is 12.1 Å². The summed E-state index contributed by atoms with van der Waals surface area (Å²) in [4.78, 5) is 37.6. The van der Waals surface area contributed by atoms with Crippen molar-refractivity contribution < 1.29 is 32.7 Å². The molecule has 0 radical (unpaired) electrons. The van der Waals surface area contributed by atoms with Gasteiger partial charge in [0.25, 0.3) is 5.91 Å². The number of hydrogen-bond acceptors (Lipinski definition) is 4. The van der Waals surface area contributed by atoms with Gasteiger partial charge in [0.15, 0.2) is 0 Å². The number of alkyl halides is 3. The molecule has 0 saturated carbocycles. The van der Waals surface area contributed by atoms with Gasteiger partial charge in [0, 0.05) is 39.1 Å². The Hall–Kier alpha value is -2.42. The number of carbonyl (C=O) groups excluding carboxylic acids is 2. The molecular weight excluding hydrogens is 353 g/mol. The molecule has 142 valence electrons. The lowest BCUT2D eigenvalue weighted by molar-refractivity contribution is -0.140. The molecule has 1 aromatic rings. The Bertz CT molecular complexity index is 683. The maximum Gasteiger partial charge on any atom is 0.417 e. The number of halogens is 3. The van der Waals surface area contributed by atoms with Gasteiger partial charge in [-0.1, -0.05) is 12.1 Å². The second kappa shape index (κ2) is 8.31. The number of ketones is 1. The summed E-state index contributed by atoms with van der Waals surface area (Å²) in [5.41, 5.74) is -1.32. The number of carboxylic acid groups (broad SMARTS) is 1. The van der Waals surface area contributed by atoms with Crippen LogP contribution in [0.3, 0.4) is 0 Å². The molecule has 1 aliphatic heterocycles. The Morgan fingerprint density at radius 3 is 2.23 bits per heavy atom. The number of aliphatic carboxylic acids is 1. The SMILES string of the molecule is O=C(O)CC(=O)CCN1CCN(C(=O)c2ccccc2C(F)(F)F)CC1. The summed E-state index contributed by atoms with van der Waals surface area (Å²) in [7, 11) is 0. The minimum Gasteiger partial charge on any atom is -0.481 e. The molecule has 0 atom stereocenters. The summed E-state index contributed by atoms with van der Waals surface area (Å²) in [6, 6.07) is 4.69. The fourth-order valence-electron chi connectivity index (χ4n) is 2.80. The van der Waals surface area contributed by atoms with Crippen LogP contribution >= 0.6 is 0 Å². The van der Waals surface area contributed by atoms with Gasteiger partial charge in [-0.05, 0) is 12.1 Å². The first-order chi connectivity index (χ1) is 12.2. The first kappa shape index (κ1) is 19.9. The summed E-state index contributed by atoms with van der Waals surface area (Å²) in [5, 5.41) is 8.55. The second-order valence-corrected chi connectivity index (χ2v) is 6.04. The lowest BCUT2D eigenvalue weighted by Crippen LogP contribution is -2.49. The number of hydrogen-bond donors (Lipinski definition) is 1. The molecule has 1 amide bonds. The van der Waals surface area contributed by atoms with Gasteiger partial charge in [-0.3, -0.25) is 19.3 Å². The fraction of sp³-hybridized carbons (Fsp3) is 0.471. The molecule has 1 saturated heterocycles. The van der Waals surface area contributed by atoms with Crippen LogP contribution in [0.4, 0.5) is 13.2 Å². The topological polar surface area (TPSA) is 77.9 Å². The van der Waals surface area contributed by atoms with E-state index in [1.165, 1.54) is 23.1 Å². The smallest absolute Gasteiger partial charge is 0.417 e. The molecule has 26 heavy (non-hydrogen) atoms. The molecule has 1 aliphatic rings. The molecule has 2 rings (SSSR count). The third-order valence-electron chi connectivity index (χ3n) is 4.18. The van der Waals surface area contributed by atoms with Crippen molar-refractivity contribution in [2.24, 2.45) is 0 Å². The highest BCUT2D eigenvalue weighted by molar-refractivity contribution is 5.96. The minimum atomic E-state index is -4.60. The molecule has 0 aromatic heterocycles. The molecule has 0 bridgehead atoms. The van der Waals surface area contributed by atoms with Crippen molar-refractivity contribution in [3.05, 3.63) is 35.4 Å². The van der Waals surface area contributed by atoms with E-state index in [0.29, 0.717) is 19.6 Å². The predicted molar refractivity (Wildman–Crippen MR) is 85.7 cm³/mol. The van der Waals surface area contributed by atoms with Crippen molar-refractivity contribution in [3.63, 3.8) is 0 Å². The number of carboxylic acids is 1. The maximum absolute atomic E-state index is 13.1. The number of piperazine rings is 1. The third-order valence-corrected chi connectivity index (χ3v) is 4.18. The van der Waals surface area contributed by atoms with Crippen molar-refractivity contribution in [1.29, 1.82) is 0 Å². The molecule has 0 spiro atoms. The summed E-state index contributed by atoms with van der Waals surface area (Å²) < 4.78 is 39.2. The van der Waals surface area contributed by atoms with Crippen LogP contribution in [0.5, 0.6) is 0 Å². The van der Waals surface area contributed by atoms with Crippen LogP contribution in [0, 0.1) is 0 Å². The molecule has 1 heterocycles. The van der Waals surface area contributed by atoms with E-state index in [1.54, 1.807) is 0 Å². The monoisotopic (exact) mass is 372 g/mol.